The van der Waals surface area contributed by atoms with Crippen LogP contribution < -0.4 is 4.74 Å². The molecule has 2 rings (SSSR count). The van der Waals surface area contributed by atoms with E-state index in [2.05, 4.69) is 12.1 Å². The summed E-state index contributed by atoms with van der Waals surface area (Å²) in [7, 11) is 0. The van der Waals surface area contributed by atoms with E-state index in [0.29, 0.717) is 0 Å². The van der Waals surface area contributed by atoms with Crippen LogP contribution in [0.15, 0.2) is 36.1 Å². The summed E-state index contributed by atoms with van der Waals surface area (Å²) >= 11 is 0. The minimum atomic E-state index is 1.02. The van der Waals surface area contributed by atoms with Gasteiger partial charge in [0.15, 0.2) is 0 Å². The highest BCUT2D eigenvalue weighted by atomic mass is 16.5. The highest BCUT2D eigenvalue weighted by Gasteiger charge is 2.11. The molecule has 0 amide bonds. The Morgan fingerprint density at radius 1 is 1.25 bits per heavy atom. The normalized spacial score (nSPS) is 18.6. The minimum Gasteiger partial charge on any atom is -0.462 e. The molecule has 0 atom stereocenters. The molecular weight excluding hydrogens is 148 g/mol. The van der Waals surface area contributed by atoms with Crippen molar-refractivity contribution in [2.75, 3.05) is 0 Å². The Bertz CT molecular complexity index is 313. The molecule has 0 saturated carbocycles. The fraction of sp³-hybridized carbons (Fsp3) is 0.273. The van der Waals surface area contributed by atoms with Gasteiger partial charge < -0.3 is 4.74 Å². The first-order valence-corrected chi connectivity index (χ1v) is 4.31. The van der Waals surface area contributed by atoms with Crippen LogP contribution in [0, 0.1) is 0 Å². The number of benzene rings is 1. The zero-order valence-corrected chi connectivity index (χ0v) is 7.21. The Hall–Kier alpha value is -1.24. The van der Waals surface area contributed by atoms with Crippen molar-refractivity contribution in [1.82, 2.24) is 0 Å². The van der Waals surface area contributed by atoms with Crippen LogP contribution in [-0.4, -0.2) is 0 Å². The van der Waals surface area contributed by atoms with Crippen LogP contribution in [0.1, 0.15) is 18.9 Å². The number of rotatable bonds is 0. The second-order valence-electron chi connectivity index (χ2n) is 2.96. The van der Waals surface area contributed by atoms with E-state index in [1.807, 2.05) is 25.1 Å². The quantitative estimate of drug-likeness (QED) is 0.567. The number of hydrogen-bond acceptors (Lipinski definition) is 1. The first-order chi connectivity index (χ1) is 5.90. The van der Waals surface area contributed by atoms with Crippen LogP contribution in [0.25, 0.3) is 0 Å². The van der Waals surface area contributed by atoms with E-state index in [-0.39, 0.29) is 0 Å². The average Bonchev–Trinajstić information content (AvgIpc) is 2.17. The lowest BCUT2D eigenvalue weighted by Crippen LogP contribution is -2.05. The average molecular weight is 160 g/mol. The van der Waals surface area contributed by atoms with Crippen molar-refractivity contribution in [3.8, 4) is 5.75 Å². The van der Waals surface area contributed by atoms with Crippen molar-refractivity contribution in [2.24, 2.45) is 0 Å². The first kappa shape index (κ1) is 7.41. The molecule has 1 heterocycles. The van der Waals surface area contributed by atoms with Gasteiger partial charge in [0, 0.05) is 6.42 Å². The van der Waals surface area contributed by atoms with Gasteiger partial charge in [-0.1, -0.05) is 18.2 Å². The Balaban J connectivity index is 2.35. The molecule has 1 aromatic carbocycles. The maximum Gasteiger partial charge on any atom is 0.130 e. The number of allylic oxidation sites excluding steroid dienone is 2. The first-order valence-electron chi connectivity index (χ1n) is 4.31. The molecule has 1 nitrogen and oxygen atoms in total. The standard InChI is InChI=1S/C11H12O/c1-2-10-8-7-9-5-3-4-6-11(9)12-10/h2-6H,7-8H2,1H3/b10-2+. The molecule has 62 valence electrons. The fourth-order valence-corrected chi connectivity index (χ4v) is 1.46. The molecule has 0 bridgehead atoms. The molecular formula is C11H12O. The maximum absolute atomic E-state index is 5.64. The van der Waals surface area contributed by atoms with Crippen LogP contribution in [0.5, 0.6) is 5.75 Å². The topological polar surface area (TPSA) is 9.23 Å². The van der Waals surface area contributed by atoms with Crippen molar-refractivity contribution in [3.63, 3.8) is 0 Å². The lowest BCUT2D eigenvalue weighted by molar-refractivity contribution is 0.377. The Kier molecular flexibility index (Phi) is 1.86. The van der Waals surface area contributed by atoms with Gasteiger partial charge >= 0.3 is 0 Å². The van der Waals surface area contributed by atoms with Crippen LogP contribution in [0.2, 0.25) is 0 Å². The highest BCUT2D eigenvalue weighted by Crippen LogP contribution is 2.28. The predicted molar refractivity (Wildman–Crippen MR) is 49.1 cm³/mol. The molecule has 0 aliphatic carbocycles. The fourth-order valence-electron chi connectivity index (χ4n) is 1.46. The summed E-state index contributed by atoms with van der Waals surface area (Å²) in [5, 5.41) is 0. The third-order valence-corrected chi connectivity index (χ3v) is 2.18. The number of hydrogen-bond donors (Lipinski definition) is 0. The lowest BCUT2D eigenvalue weighted by atomic mass is 10.1. The van der Waals surface area contributed by atoms with Crippen LogP contribution in [0.3, 0.4) is 0 Å². The zero-order valence-electron chi connectivity index (χ0n) is 7.21. The largest absolute Gasteiger partial charge is 0.462 e. The van der Waals surface area contributed by atoms with Gasteiger partial charge in [0.25, 0.3) is 0 Å². The summed E-state index contributed by atoms with van der Waals surface area (Å²) in [6, 6.07) is 8.22. The summed E-state index contributed by atoms with van der Waals surface area (Å²) in [5.74, 6) is 2.12. The van der Waals surface area contributed by atoms with E-state index < -0.39 is 0 Å². The van der Waals surface area contributed by atoms with Crippen molar-refractivity contribution >= 4 is 0 Å². The van der Waals surface area contributed by atoms with Crippen molar-refractivity contribution in [1.29, 1.82) is 0 Å². The molecule has 0 unspecified atom stereocenters. The van der Waals surface area contributed by atoms with Gasteiger partial charge in [-0.05, 0) is 31.1 Å². The maximum atomic E-state index is 5.64. The van der Waals surface area contributed by atoms with E-state index in [0.717, 1.165) is 24.4 Å². The van der Waals surface area contributed by atoms with Gasteiger partial charge in [0.1, 0.15) is 11.5 Å². The molecule has 0 radical (unpaired) electrons. The second kappa shape index (κ2) is 3.02. The third-order valence-electron chi connectivity index (χ3n) is 2.18. The van der Waals surface area contributed by atoms with Gasteiger partial charge in [0.05, 0.1) is 0 Å². The van der Waals surface area contributed by atoms with E-state index >= 15 is 0 Å². The van der Waals surface area contributed by atoms with Gasteiger partial charge in [-0.25, -0.2) is 0 Å². The minimum absolute atomic E-state index is 1.02. The molecule has 1 heteroatoms. The SMILES string of the molecule is C/C=C1\CCc2ccccc2O1. The van der Waals surface area contributed by atoms with E-state index in [1.165, 1.54) is 5.56 Å². The Morgan fingerprint density at radius 2 is 2.08 bits per heavy atom. The van der Waals surface area contributed by atoms with Crippen LogP contribution in [0.4, 0.5) is 0 Å². The van der Waals surface area contributed by atoms with E-state index in [9.17, 15) is 0 Å². The van der Waals surface area contributed by atoms with Crippen molar-refractivity contribution in [3.05, 3.63) is 41.7 Å². The van der Waals surface area contributed by atoms with Crippen molar-refractivity contribution < 1.29 is 4.74 Å². The number of para-hydroxylation sites is 1. The smallest absolute Gasteiger partial charge is 0.130 e. The predicted octanol–water partition coefficient (Wildman–Crippen LogP) is 2.92. The molecule has 1 aromatic rings. The van der Waals surface area contributed by atoms with Gasteiger partial charge in [-0.15, -0.1) is 0 Å². The molecule has 0 spiro atoms. The number of fused-ring (bicyclic) bond motifs is 1. The molecule has 0 saturated heterocycles. The Morgan fingerprint density at radius 3 is 2.92 bits per heavy atom. The van der Waals surface area contributed by atoms with Gasteiger partial charge in [-0.2, -0.15) is 0 Å². The summed E-state index contributed by atoms with van der Waals surface area (Å²) < 4.78 is 5.64. The highest BCUT2D eigenvalue weighted by molar-refractivity contribution is 5.37. The zero-order chi connectivity index (χ0) is 8.39. The monoisotopic (exact) mass is 160 g/mol. The third kappa shape index (κ3) is 1.22. The second-order valence-corrected chi connectivity index (χ2v) is 2.96. The summed E-state index contributed by atoms with van der Waals surface area (Å²) in [6.07, 6.45) is 4.18. The Labute approximate surface area is 72.7 Å². The molecule has 0 aromatic heterocycles. The number of ether oxygens (including phenoxy) is 1. The van der Waals surface area contributed by atoms with Crippen molar-refractivity contribution in [2.45, 2.75) is 19.8 Å². The molecule has 0 fully saturated rings. The summed E-state index contributed by atoms with van der Waals surface area (Å²) in [4.78, 5) is 0. The van der Waals surface area contributed by atoms with E-state index in [1.54, 1.807) is 0 Å². The molecule has 1 aliphatic heterocycles. The van der Waals surface area contributed by atoms with Crippen LogP contribution in [-0.2, 0) is 6.42 Å². The molecule has 0 N–H and O–H groups in total. The van der Waals surface area contributed by atoms with E-state index in [4.69, 9.17) is 4.74 Å². The molecule has 12 heavy (non-hydrogen) atoms. The number of aryl methyl sites for hydroxylation is 1. The lowest BCUT2D eigenvalue weighted by Gasteiger charge is -2.18. The van der Waals surface area contributed by atoms with Gasteiger partial charge in [-0.3, -0.25) is 0 Å². The summed E-state index contributed by atoms with van der Waals surface area (Å²) in [5.41, 5.74) is 1.32. The van der Waals surface area contributed by atoms with Gasteiger partial charge in [0.2, 0.25) is 0 Å². The molecule has 1 aliphatic rings. The van der Waals surface area contributed by atoms with Crippen LogP contribution >= 0.6 is 0 Å². The summed E-state index contributed by atoms with van der Waals surface area (Å²) in [6.45, 7) is 2.02.